The minimum Gasteiger partial charge on any atom is -0.339 e. The first-order valence-corrected chi connectivity index (χ1v) is 13.2. The van der Waals surface area contributed by atoms with Crippen LogP contribution in [0.2, 0.25) is 5.02 Å². The van der Waals surface area contributed by atoms with Crippen LogP contribution in [0.4, 0.5) is 11.4 Å². The highest BCUT2D eigenvalue weighted by Gasteiger charge is 2.23. The van der Waals surface area contributed by atoms with Crippen molar-refractivity contribution in [1.82, 2.24) is 4.90 Å². The summed E-state index contributed by atoms with van der Waals surface area (Å²) in [5, 5.41) is 2.74. The van der Waals surface area contributed by atoms with Gasteiger partial charge in [0, 0.05) is 24.3 Å². The molecule has 0 radical (unpaired) electrons. The first kappa shape index (κ1) is 24.8. The highest BCUT2D eigenvalue weighted by atomic mass is 35.5. The number of piperidine rings is 1. The minimum atomic E-state index is -4.04. The Kier molecular flexibility index (Phi) is 7.42. The molecule has 0 atom stereocenters. The zero-order valence-electron chi connectivity index (χ0n) is 19.3. The number of carbonyl (C=O) groups excluding carboxylic acids is 2. The van der Waals surface area contributed by atoms with Crippen LogP contribution in [-0.2, 0) is 10.0 Å². The molecule has 182 valence electrons. The summed E-state index contributed by atoms with van der Waals surface area (Å²) in [7, 11) is -4.04. The van der Waals surface area contributed by atoms with Gasteiger partial charge < -0.3 is 10.2 Å². The lowest BCUT2D eigenvalue weighted by molar-refractivity contribution is 0.0725. The third-order valence-electron chi connectivity index (χ3n) is 5.84. The molecule has 3 aromatic rings. The van der Waals surface area contributed by atoms with Gasteiger partial charge in [-0.25, -0.2) is 8.42 Å². The smallest absolute Gasteiger partial charge is 0.263 e. The topological polar surface area (TPSA) is 95.6 Å². The molecule has 9 heteroatoms. The maximum atomic E-state index is 13.1. The van der Waals surface area contributed by atoms with E-state index in [1.54, 1.807) is 53.4 Å². The Balaban J connectivity index is 1.57. The number of carbonyl (C=O) groups is 2. The highest BCUT2D eigenvalue weighted by molar-refractivity contribution is 7.92. The Hall–Kier alpha value is -3.36. The number of benzene rings is 3. The van der Waals surface area contributed by atoms with E-state index in [1.165, 1.54) is 18.2 Å². The predicted octanol–water partition coefficient (Wildman–Crippen LogP) is 5.33. The van der Waals surface area contributed by atoms with Crippen molar-refractivity contribution >= 4 is 44.8 Å². The first-order chi connectivity index (χ1) is 16.7. The van der Waals surface area contributed by atoms with Gasteiger partial charge in [-0.15, -0.1) is 0 Å². The SMILES string of the molecule is Cc1ccc(NS(=O)(=O)c2cc(C(=O)Nc3ccccc3C(=O)N3CCCCC3)ccc2Cl)cc1. The molecule has 3 aromatic carbocycles. The molecule has 1 saturated heterocycles. The van der Waals surface area contributed by atoms with Gasteiger partial charge in [0.25, 0.3) is 21.8 Å². The second-order valence-electron chi connectivity index (χ2n) is 8.47. The summed E-state index contributed by atoms with van der Waals surface area (Å²) in [4.78, 5) is 27.7. The van der Waals surface area contributed by atoms with Crippen molar-refractivity contribution in [3.63, 3.8) is 0 Å². The summed E-state index contributed by atoms with van der Waals surface area (Å²) in [5.41, 5.74) is 2.23. The van der Waals surface area contributed by atoms with Crippen LogP contribution >= 0.6 is 11.6 Å². The second-order valence-corrected chi connectivity index (χ2v) is 10.5. The van der Waals surface area contributed by atoms with E-state index in [0.717, 1.165) is 24.8 Å². The van der Waals surface area contributed by atoms with Crippen molar-refractivity contribution < 1.29 is 18.0 Å². The van der Waals surface area contributed by atoms with Gasteiger partial charge in [-0.05, 0) is 68.7 Å². The van der Waals surface area contributed by atoms with Crippen LogP contribution in [0.1, 0.15) is 45.5 Å². The van der Waals surface area contributed by atoms with Gasteiger partial charge in [0.1, 0.15) is 4.90 Å². The number of hydrogen-bond donors (Lipinski definition) is 2. The standard InChI is InChI=1S/C26H26ClN3O4S/c1-18-9-12-20(13-10-18)29-35(33,34)24-17-19(11-14-22(24)27)25(31)28-23-8-4-3-7-21(23)26(32)30-15-5-2-6-16-30/h3-4,7-14,17,29H,2,5-6,15-16H2,1H3,(H,28,31). The normalized spacial score (nSPS) is 13.8. The number of sulfonamides is 1. The van der Waals surface area contributed by atoms with Crippen LogP contribution in [0.25, 0.3) is 0 Å². The molecule has 2 amide bonds. The van der Waals surface area contributed by atoms with Gasteiger partial charge in [-0.1, -0.05) is 41.4 Å². The van der Waals surface area contributed by atoms with E-state index < -0.39 is 15.9 Å². The van der Waals surface area contributed by atoms with Crippen molar-refractivity contribution in [1.29, 1.82) is 0 Å². The number of halogens is 1. The number of anilines is 2. The maximum absolute atomic E-state index is 13.1. The lowest BCUT2D eigenvalue weighted by Crippen LogP contribution is -2.36. The Bertz CT molecular complexity index is 1350. The third kappa shape index (κ3) is 5.83. The maximum Gasteiger partial charge on any atom is 0.263 e. The second kappa shape index (κ2) is 10.5. The van der Waals surface area contributed by atoms with E-state index in [1.807, 2.05) is 6.92 Å². The molecule has 35 heavy (non-hydrogen) atoms. The molecule has 0 spiro atoms. The average Bonchev–Trinajstić information content (AvgIpc) is 2.86. The van der Waals surface area contributed by atoms with Gasteiger partial charge in [0.05, 0.1) is 16.3 Å². The molecule has 1 aliphatic heterocycles. The number of amides is 2. The first-order valence-electron chi connectivity index (χ1n) is 11.3. The fourth-order valence-electron chi connectivity index (χ4n) is 3.92. The summed E-state index contributed by atoms with van der Waals surface area (Å²) < 4.78 is 28.4. The van der Waals surface area contributed by atoms with Gasteiger partial charge in [-0.2, -0.15) is 0 Å². The molecular formula is C26H26ClN3O4S. The molecule has 0 aromatic heterocycles. The van der Waals surface area contributed by atoms with Crippen LogP contribution in [-0.4, -0.2) is 38.2 Å². The van der Waals surface area contributed by atoms with Gasteiger partial charge in [0.15, 0.2) is 0 Å². The zero-order valence-corrected chi connectivity index (χ0v) is 20.8. The Labute approximate surface area is 210 Å². The average molecular weight is 512 g/mol. The number of para-hydroxylation sites is 1. The summed E-state index contributed by atoms with van der Waals surface area (Å²) >= 11 is 6.19. The molecule has 1 heterocycles. The van der Waals surface area contributed by atoms with Crippen molar-refractivity contribution in [2.45, 2.75) is 31.1 Å². The lowest BCUT2D eigenvalue weighted by atomic mass is 10.1. The number of likely N-dealkylation sites (tertiary alicyclic amines) is 1. The Morgan fingerprint density at radius 2 is 1.60 bits per heavy atom. The molecule has 4 rings (SSSR count). The number of hydrogen-bond acceptors (Lipinski definition) is 4. The summed E-state index contributed by atoms with van der Waals surface area (Å²) in [5.74, 6) is -0.686. The monoisotopic (exact) mass is 511 g/mol. The minimum absolute atomic E-state index is 0.0122. The molecule has 7 nitrogen and oxygen atoms in total. The van der Waals surface area contributed by atoms with Crippen molar-refractivity contribution in [2.24, 2.45) is 0 Å². The largest absolute Gasteiger partial charge is 0.339 e. The van der Waals surface area contributed by atoms with Crippen LogP contribution < -0.4 is 10.0 Å². The van der Waals surface area contributed by atoms with E-state index in [0.29, 0.717) is 30.0 Å². The lowest BCUT2D eigenvalue weighted by Gasteiger charge is -2.27. The molecular weight excluding hydrogens is 486 g/mol. The van der Waals surface area contributed by atoms with Gasteiger partial charge in [-0.3, -0.25) is 14.3 Å². The van der Waals surface area contributed by atoms with E-state index in [-0.39, 0.29) is 21.4 Å². The number of aryl methyl sites for hydroxylation is 1. The Morgan fingerprint density at radius 3 is 2.31 bits per heavy atom. The molecule has 0 unspecified atom stereocenters. The fraction of sp³-hybridized carbons (Fsp3) is 0.231. The highest BCUT2D eigenvalue weighted by Crippen LogP contribution is 2.26. The number of nitrogens with one attached hydrogen (secondary N) is 2. The van der Waals surface area contributed by atoms with Crippen LogP contribution in [0.5, 0.6) is 0 Å². The molecule has 0 bridgehead atoms. The van der Waals surface area contributed by atoms with E-state index in [2.05, 4.69) is 10.0 Å². The van der Waals surface area contributed by atoms with Crippen LogP contribution in [0.15, 0.2) is 71.6 Å². The molecule has 2 N–H and O–H groups in total. The molecule has 1 fully saturated rings. The van der Waals surface area contributed by atoms with E-state index in [4.69, 9.17) is 11.6 Å². The summed E-state index contributed by atoms with van der Waals surface area (Å²) in [6.07, 6.45) is 3.01. The summed E-state index contributed by atoms with van der Waals surface area (Å²) in [6.45, 7) is 3.27. The molecule has 1 aliphatic rings. The Morgan fingerprint density at radius 1 is 0.914 bits per heavy atom. The van der Waals surface area contributed by atoms with E-state index >= 15 is 0 Å². The van der Waals surface area contributed by atoms with Gasteiger partial charge >= 0.3 is 0 Å². The summed E-state index contributed by atoms with van der Waals surface area (Å²) in [6, 6.07) is 17.7. The van der Waals surface area contributed by atoms with Crippen LogP contribution in [0, 0.1) is 6.92 Å². The fourth-order valence-corrected chi connectivity index (χ4v) is 5.51. The van der Waals surface area contributed by atoms with Crippen molar-refractivity contribution in [3.8, 4) is 0 Å². The number of nitrogens with zero attached hydrogens (tertiary/aromatic N) is 1. The van der Waals surface area contributed by atoms with E-state index in [9.17, 15) is 18.0 Å². The zero-order chi connectivity index (χ0) is 25.0. The molecule has 0 aliphatic carbocycles. The molecule has 0 saturated carbocycles. The van der Waals surface area contributed by atoms with Crippen molar-refractivity contribution in [3.05, 3.63) is 88.4 Å². The number of rotatable bonds is 6. The quantitative estimate of drug-likeness (QED) is 0.467. The third-order valence-corrected chi connectivity index (χ3v) is 7.70. The predicted molar refractivity (Wildman–Crippen MR) is 138 cm³/mol. The van der Waals surface area contributed by atoms with Gasteiger partial charge in [0.2, 0.25) is 0 Å². The van der Waals surface area contributed by atoms with Crippen molar-refractivity contribution in [2.75, 3.05) is 23.1 Å². The van der Waals surface area contributed by atoms with Crippen LogP contribution in [0.3, 0.4) is 0 Å².